The molecule has 1 aliphatic heterocycles. The van der Waals surface area contributed by atoms with Crippen LogP contribution in [-0.2, 0) is 14.2 Å². The van der Waals surface area contributed by atoms with Gasteiger partial charge >= 0.3 is 0 Å². The van der Waals surface area contributed by atoms with Crippen molar-refractivity contribution in [2.75, 3.05) is 26.4 Å². The first kappa shape index (κ1) is 16.3. The summed E-state index contributed by atoms with van der Waals surface area (Å²) in [6, 6.07) is 17.2. The average molecular weight is 335 g/mol. The molecule has 1 saturated heterocycles. The van der Waals surface area contributed by atoms with Gasteiger partial charge in [-0.25, -0.2) is 0 Å². The molecule has 0 spiro atoms. The van der Waals surface area contributed by atoms with Crippen molar-refractivity contribution in [2.24, 2.45) is 0 Å². The number of hydrogen-bond donors (Lipinski definition) is 0. The van der Waals surface area contributed by atoms with Crippen molar-refractivity contribution in [3.63, 3.8) is 0 Å². The zero-order valence-electron chi connectivity index (χ0n) is 12.7. The maximum absolute atomic E-state index is 5.88. The molecule has 0 amide bonds. The number of halogens is 1. The van der Waals surface area contributed by atoms with Crippen LogP contribution in [0.2, 0.25) is 5.02 Å². The van der Waals surface area contributed by atoms with Crippen LogP contribution in [-0.4, -0.2) is 32.5 Å². The van der Waals surface area contributed by atoms with Crippen molar-refractivity contribution in [1.82, 2.24) is 0 Å². The molecule has 0 saturated carbocycles. The van der Waals surface area contributed by atoms with Crippen molar-refractivity contribution in [3.8, 4) is 5.75 Å². The molecule has 0 N–H and O–H groups in total. The standard InChI is InChI=1S/C18H19ClO4/c19-15-8-6-14(7-9-15)18-22-13-17(23-18)12-20-10-11-21-16-4-2-1-3-5-16/h1-9,17-18H,10-13H2/t17-,18-/m1/s1. The summed E-state index contributed by atoms with van der Waals surface area (Å²) in [6.07, 6.45) is -0.408. The van der Waals surface area contributed by atoms with Crippen LogP contribution in [0.5, 0.6) is 5.75 Å². The quantitative estimate of drug-likeness (QED) is 0.721. The number of para-hydroxylation sites is 1. The molecule has 122 valence electrons. The summed E-state index contributed by atoms with van der Waals surface area (Å²) in [5, 5.41) is 0.699. The Kier molecular flexibility index (Phi) is 5.88. The van der Waals surface area contributed by atoms with Crippen molar-refractivity contribution in [2.45, 2.75) is 12.4 Å². The minimum absolute atomic E-state index is 0.0626. The SMILES string of the molecule is Clc1ccc([C@@H]2OC[C@@H](COCCOc3ccccc3)O2)cc1. The van der Waals surface area contributed by atoms with Gasteiger partial charge in [-0.15, -0.1) is 0 Å². The molecule has 0 aliphatic carbocycles. The molecule has 2 aromatic carbocycles. The lowest BCUT2D eigenvalue weighted by atomic mass is 10.2. The van der Waals surface area contributed by atoms with Crippen molar-refractivity contribution in [3.05, 3.63) is 65.2 Å². The van der Waals surface area contributed by atoms with Gasteiger partial charge in [-0.2, -0.15) is 0 Å². The average Bonchev–Trinajstić information content (AvgIpc) is 3.05. The van der Waals surface area contributed by atoms with E-state index < -0.39 is 0 Å². The minimum Gasteiger partial charge on any atom is -0.491 e. The summed E-state index contributed by atoms with van der Waals surface area (Å²) >= 11 is 5.88. The van der Waals surface area contributed by atoms with Gasteiger partial charge in [0, 0.05) is 10.6 Å². The Balaban J connectivity index is 1.33. The third kappa shape index (κ3) is 4.94. The predicted octanol–water partition coefficient (Wildman–Crippen LogP) is 3.85. The molecule has 4 nitrogen and oxygen atoms in total. The fraction of sp³-hybridized carbons (Fsp3) is 0.333. The largest absolute Gasteiger partial charge is 0.491 e. The molecule has 0 aromatic heterocycles. The summed E-state index contributed by atoms with van der Waals surface area (Å²) in [4.78, 5) is 0. The summed E-state index contributed by atoms with van der Waals surface area (Å²) in [7, 11) is 0. The normalized spacial score (nSPS) is 20.6. The summed E-state index contributed by atoms with van der Waals surface area (Å²) in [6.45, 7) is 2.04. The van der Waals surface area contributed by atoms with Crippen molar-refractivity contribution in [1.29, 1.82) is 0 Å². The van der Waals surface area contributed by atoms with Crippen LogP contribution in [0.3, 0.4) is 0 Å². The first-order valence-electron chi connectivity index (χ1n) is 7.59. The molecule has 2 aromatic rings. The second kappa shape index (κ2) is 8.31. The van der Waals surface area contributed by atoms with Crippen LogP contribution in [0.4, 0.5) is 0 Å². The first-order valence-corrected chi connectivity index (χ1v) is 7.97. The van der Waals surface area contributed by atoms with E-state index in [4.69, 9.17) is 30.5 Å². The smallest absolute Gasteiger partial charge is 0.184 e. The number of hydrogen-bond acceptors (Lipinski definition) is 4. The highest BCUT2D eigenvalue weighted by atomic mass is 35.5. The topological polar surface area (TPSA) is 36.9 Å². The van der Waals surface area contributed by atoms with Crippen molar-refractivity contribution >= 4 is 11.6 Å². The van der Waals surface area contributed by atoms with E-state index in [-0.39, 0.29) is 12.4 Å². The van der Waals surface area contributed by atoms with Gasteiger partial charge in [0.15, 0.2) is 6.29 Å². The molecule has 1 heterocycles. The van der Waals surface area contributed by atoms with E-state index in [1.54, 1.807) is 0 Å². The van der Waals surface area contributed by atoms with Crippen LogP contribution in [0, 0.1) is 0 Å². The molecule has 5 heteroatoms. The molecule has 23 heavy (non-hydrogen) atoms. The first-order chi connectivity index (χ1) is 11.3. The fourth-order valence-electron chi connectivity index (χ4n) is 2.28. The van der Waals surface area contributed by atoms with Crippen LogP contribution in [0.25, 0.3) is 0 Å². The highest BCUT2D eigenvalue weighted by Crippen LogP contribution is 2.27. The second-order valence-corrected chi connectivity index (χ2v) is 5.65. The van der Waals surface area contributed by atoms with E-state index in [9.17, 15) is 0 Å². The van der Waals surface area contributed by atoms with Crippen LogP contribution >= 0.6 is 11.6 Å². The Labute approximate surface area is 140 Å². The van der Waals surface area contributed by atoms with Crippen LogP contribution < -0.4 is 4.74 Å². The van der Waals surface area contributed by atoms with Gasteiger partial charge in [-0.1, -0.05) is 41.9 Å². The highest BCUT2D eigenvalue weighted by Gasteiger charge is 2.27. The lowest BCUT2D eigenvalue weighted by Crippen LogP contribution is -2.20. The Hall–Kier alpha value is -1.59. The predicted molar refractivity (Wildman–Crippen MR) is 87.8 cm³/mol. The van der Waals surface area contributed by atoms with Gasteiger partial charge < -0.3 is 18.9 Å². The third-order valence-electron chi connectivity index (χ3n) is 3.44. The van der Waals surface area contributed by atoms with Gasteiger partial charge in [-0.3, -0.25) is 0 Å². The monoisotopic (exact) mass is 334 g/mol. The Bertz CT molecular complexity index is 588. The van der Waals surface area contributed by atoms with E-state index in [2.05, 4.69) is 0 Å². The summed E-state index contributed by atoms with van der Waals surface area (Å²) in [5.74, 6) is 0.847. The Morgan fingerprint density at radius 2 is 1.78 bits per heavy atom. The molecule has 1 fully saturated rings. The third-order valence-corrected chi connectivity index (χ3v) is 3.69. The molecule has 3 rings (SSSR count). The van der Waals surface area contributed by atoms with Crippen LogP contribution in [0.1, 0.15) is 11.9 Å². The summed E-state index contributed by atoms with van der Waals surface area (Å²) < 4.78 is 22.6. The van der Waals surface area contributed by atoms with E-state index in [1.807, 2.05) is 54.6 Å². The molecular formula is C18H19ClO4. The number of rotatable bonds is 7. The minimum atomic E-state index is -0.346. The molecule has 2 atom stereocenters. The maximum atomic E-state index is 5.88. The maximum Gasteiger partial charge on any atom is 0.184 e. The van der Waals surface area contributed by atoms with E-state index in [0.29, 0.717) is 31.5 Å². The zero-order chi connectivity index (χ0) is 15.9. The lowest BCUT2D eigenvalue weighted by Gasteiger charge is -2.12. The summed E-state index contributed by atoms with van der Waals surface area (Å²) in [5.41, 5.74) is 0.962. The Morgan fingerprint density at radius 1 is 1.00 bits per heavy atom. The molecular weight excluding hydrogens is 316 g/mol. The zero-order valence-corrected chi connectivity index (χ0v) is 13.4. The van der Waals surface area contributed by atoms with Gasteiger partial charge in [0.05, 0.1) is 19.8 Å². The Morgan fingerprint density at radius 3 is 2.57 bits per heavy atom. The molecule has 0 bridgehead atoms. The van der Waals surface area contributed by atoms with Gasteiger partial charge in [0.2, 0.25) is 0 Å². The van der Waals surface area contributed by atoms with Gasteiger partial charge in [-0.05, 0) is 24.3 Å². The number of ether oxygens (including phenoxy) is 4. The van der Waals surface area contributed by atoms with E-state index >= 15 is 0 Å². The fourth-order valence-corrected chi connectivity index (χ4v) is 2.41. The molecule has 0 unspecified atom stereocenters. The second-order valence-electron chi connectivity index (χ2n) is 5.21. The van der Waals surface area contributed by atoms with E-state index in [0.717, 1.165) is 11.3 Å². The molecule has 0 radical (unpaired) electrons. The molecule has 1 aliphatic rings. The van der Waals surface area contributed by atoms with Gasteiger partial charge in [0.25, 0.3) is 0 Å². The van der Waals surface area contributed by atoms with Gasteiger partial charge in [0.1, 0.15) is 18.5 Å². The van der Waals surface area contributed by atoms with E-state index in [1.165, 1.54) is 0 Å². The van der Waals surface area contributed by atoms with Crippen molar-refractivity contribution < 1.29 is 18.9 Å². The highest BCUT2D eigenvalue weighted by molar-refractivity contribution is 6.30. The lowest BCUT2D eigenvalue weighted by molar-refractivity contribution is -0.0748. The van der Waals surface area contributed by atoms with Crippen LogP contribution in [0.15, 0.2) is 54.6 Å². The number of benzene rings is 2.